The molecule has 2 aliphatic heterocycles. The second-order valence-electron chi connectivity index (χ2n) is 7.00. The van der Waals surface area contributed by atoms with Crippen LogP contribution in [-0.4, -0.2) is 58.5 Å². The first-order valence-corrected chi connectivity index (χ1v) is 8.38. The summed E-state index contributed by atoms with van der Waals surface area (Å²) in [6, 6.07) is 4.17. The first-order chi connectivity index (χ1) is 12.2. The zero-order valence-electron chi connectivity index (χ0n) is 14.6. The average molecular weight is 360 g/mol. The largest absolute Gasteiger partial charge is 0.480 e. The molecule has 3 rings (SSSR count). The van der Waals surface area contributed by atoms with Gasteiger partial charge in [-0.05, 0) is 44.9 Å². The number of nitrogens with one attached hydrogen (secondary N) is 1. The van der Waals surface area contributed by atoms with Gasteiger partial charge in [0.1, 0.15) is 5.54 Å². The van der Waals surface area contributed by atoms with Crippen molar-refractivity contribution in [3.63, 3.8) is 0 Å². The summed E-state index contributed by atoms with van der Waals surface area (Å²) in [6.07, 6.45) is 1.54. The summed E-state index contributed by atoms with van der Waals surface area (Å²) in [6.45, 7) is 3.54. The summed E-state index contributed by atoms with van der Waals surface area (Å²) >= 11 is 0. The number of carbonyl (C=O) groups is 4. The SMILES string of the molecule is CC(C)(NC(=O)c1ccc2c(c1)C(=O)N(CC1CCCO1)C2=O)C(=O)O. The number of fused-ring (bicyclic) bond motifs is 1. The van der Waals surface area contributed by atoms with Crippen LogP contribution < -0.4 is 5.32 Å². The van der Waals surface area contributed by atoms with Crippen LogP contribution in [0.4, 0.5) is 0 Å². The molecule has 1 fully saturated rings. The van der Waals surface area contributed by atoms with Crippen molar-refractivity contribution in [1.82, 2.24) is 10.2 Å². The van der Waals surface area contributed by atoms with E-state index < -0.39 is 29.2 Å². The van der Waals surface area contributed by atoms with Crippen molar-refractivity contribution in [2.24, 2.45) is 0 Å². The standard InChI is InChI=1S/C18H20N2O6/c1-18(2,17(24)25)19-14(21)10-5-6-12-13(8-10)16(23)20(15(12)22)9-11-4-3-7-26-11/h5-6,8,11H,3-4,7,9H2,1-2H3,(H,19,21)(H,24,25). The highest BCUT2D eigenvalue weighted by Crippen LogP contribution is 2.26. The Balaban J connectivity index is 1.80. The number of carboxylic acid groups (broad SMARTS) is 1. The van der Waals surface area contributed by atoms with E-state index in [1.165, 1.54) is 32.0 Å². The van der Waals surface area contributed by atoms with E-state index in [2.05, 4.69) is 5.32 Å². The van der Waals surface area contributed by atoms with Crippen molar-refractivity contribution in [2.45, 2.75) is 38.3 Å². The summed E-state index contributed by atoms with van der Waals surface area (Å²) in [4.78, 5) is 49.6. The van der Waals surface area contributed by atoms with E-state index >= 15 is 0 Å². The zero-order valence-corrected chi connectivity index (χ0v) is 14.6. The number of carboxylic acids is 1. The topological polar surface area (TPSA) is 113 Å². The van der Waals surface area contributed by atoms with Gasteiger partial charge in [0, 0.05) is 12.2 Å². The summed E-state index contributed by atoms with van der Waals surface area (Å²) in [5.41, 5.74) is -0.948. The van der Waals surface area contributed by atoms with E-state index in [0.29, 0.717) is 6.61 Å². The fourth-order valence-corrected chi connectivity index (χ4v) is 3.00. The minimum Gasteiger partial charge on any atom is -0.480 e. The molecule has 1 saturated heterocycles. The predicted octanol–water partition coefficient (Wildman–Crippen LogP) is 1.05. The van der Waals surface area contributed by atoms with Crippen molar-refractivity contribution in [3.8, 4) is 0 Å². The Hall–Kier alpha value is -2.74. The van der Waals surface area contributed by atoms with E-state index in [1.54, 1.807) is 0 Å². The second kappa shape index (κ2) is 6.53. The van der Waals surface area contributed by atoms with Crippen LogP contribution in [-0.2, 0) is 9.53 Å². The Morgan fingerprint density at radius 1 is 1.27 bits per heavy atom. The Morgan fingerprint density at radius 3 is 2.58 bits per heavy atom. The average Bonchev–Trinajstić information content (AvgIpc) is 3.17. The molecule has 2 heterocycles. The van der Waals surface area contributed by atoms with E-state index in [0.717, 1.165) is 17.7 Å². The van der Waals surface area contributed by atoms with Gasteiger partial charge >= 0.3 is 5.97 Å². The molecule has 2 N–H and O–H groups in total. The van der Waals surface area contributed by atoms with Gasteiger partial charge in [-0.15, -0.1) is 0 Å². The molecule has 0 spiro atoms. The molecule has 138 valence electrons. The van der Waals surface area contributed by atoms with Crippen LogP contribution in [0.2, 0.25) is 0 Å². The first kappa shape index (κ1) is 18.1. The maximum absolute atomic E-state index is 12.6. The van der Waals surface area contributed by atoms with Crippen LogP contribution in [0.15, 0.2) is 18.2 Å². The number of imide groups is 1. The van der Waals surface area contributed by atoms with Crippen LogP contribution in [0, 0.1) is 0 Å². The van der Waals surface area contributed by atoms with E-state index in [9.17, 15) is 19.2 Å². The van der Waals surface area contributed by atoms with Crippen molar-refractivity contribution in [2.75, 3.05) is 13.2 Å². The minimum atomic E-state index is -1.46. The molecule has 2 aliphatic rings. The van der Waals surface area contributed by atoms with Crippen molar-refractivity contribution >= 4 is 23.7 Å². The number of hydrogen-bond acceptors (Lipinski definition) is 5. The highest BCUT2D eigenvalue weighted by Gasteiger charge is 2.38. The van der Waals surface area contributed by atoms with E-state index in [1.807, 2.05) is 0 Å². The molecule has 1 aromatic carbocycles. The maximum atomic E-state index is 12.6. The van der Waals surface area contributed by atoms with Crippen LogP contribution >= 0.6 is 0 Å². The van der Waals surface area contributed by atoms with Gasteiger partial charge in [0.15, 0.2) is 0 Å². The monoisotopic (exact) mass is 360 g/mol. The third-order valence-corrected chi connectivity index (χ3v) is 4.60. The van der Waals surface area contributed by atoms with E-state index in [4.69, 9.17) is 9.84 Å². The van der Waals surface area contributed by atoms with Crippen LogP contribution in [0.1, 0.15) is 57.8 Å². The highest BCUT2D eigenvalue weighted by atomic mass is 16.5. The molecule has 0 aliphatic carbocycles. The Kier molecular flexibility index (Phi) is 4.53. The molecule has 0 saturated carbocycles. The number of carbonyl (C=O) groups excluding carboxylic acids is 3. The maximum Gasteiger partial charge on any atom is 0.328 e. The van der Waals surface area contributed by atoms with Crippen LogP contribution in [0.5, 0.6) is 0 Å². The minimum absolute atomic E-state index is 0.123. The highest BCUT2D eigenvalue weighted by molar-refractivity contribution is 6.22. The third-order valence-electron chi connectivity index (χ3n) is 4.60. The molecular weight excluding hydrogens is 340 g/mol. The number of nitrogens with zero attached hydrogens (tertiary/aromatic N) is 1. The van der Waals surface area contributed by atoms with Crippen molar-refractivity contribution in [3.05, 3.63) is 34.9 Å². The molecule has 1 atom stereocenters. The molecule has 3 amide bonds. The molecule has 0 bridgehead atoms. The Morgan fingerprint density at radius 2 is 1.96 bits per heavy atom. The lowest BCUT2D eigenvalue weighted by Gasteiger charge is -2.21. The molecule has 8 heteroatoms. The van der Waals surface area contributed by atoms with Gasteiger partial charge in [0.25, 0.3) is 17.7 Å². The van der Waals surface area contributed by atoms with Crippen molar-refractivity contribution in [1.29, 1.82) is 0 Å². The van der Waals surface area contributed by atoms with Gasteiger partial charge in [-0.25, -0.2) is 4.79 Å². The lowest BCUT2D eigenvalue weighted by Crippen LogP contribution is -2.49. The second-order valence-corrected chi connectivity index (χ2v) is 7.00. The van der Waals surface area contributed by atoms with Crippen LogP contribution in [0.3, 0.4) is 0 Å². The molecule has 1 unspecified atom stereocenters. The number of benzene rings is 1. The quantitative estimate of drug-likeness (QED) is 0.759. The predicted molar refractivity (Wildman–Crippen MR) is 90.0 cm³/mol. The number of ether oxygens (including phenoxy) is 1. The Bertz CT molecular complexity index is 795. The Labute approximate surface area is 150 Å². The van der Waals surface area contributed by atoms with Gasteiger partial charge in [0.2, 0.25) is 0 Å². The molecular formula is C18H20N2O6. The number of hydrogen-bond donors (Lipinski definition) is 2. The zero-order chi connectivity index (χ0) is 19.1. The molecule has 0 radical (unpaired) electrons. The van der Waals surface area contributed by atoms with Crippen LogP contribution in [0.25, 0.3) is 0 Å². The fourth-order valence-electron chi connectivity index (χ4n) is 3.00. The smallest absolute Gasteiger partial charge is 0.328 e. The van der Waals surface area contributed by atoms with E-state index in [-0.39, 0.29) is 29.3 Å². The molecule has 1 aromatic rings. The lowest BCUT2D eigenvalue weighted by molar-refractivity contribution is -0.143. The van der Waals surface area contributed by atoms with Gasteiger partial charge in [0.05, 0.1) is 23.8 Å². The van der Waals surface area contributed by atoms with Crippen molar-refractivity contribution < 1.29 is 29.0 Å². The van der Waals surface area contributed by atoms with Gasteiger partial charge < -0.3 is 15.2 Å². The molecule has 26 heavy (non-hydrogen) atoms. The summed E-state index contributed by atoms with van der Waals surface area (Å²) in [5, 5.41) is 11.5. The first-order valence-electron chi connectivity index (χ1n) is 8.38. The fraction of sp³-hybridized carbons (Fsp3) is 0.444. The summed E-state index contributed by atoms with van der Waals surface area (Å²) in [7, 11) is 0. The van der Waals surface area contributed by atoms with Gasteiger partial charge in [-0.2, -0.15) is 0 Å². The molecule has 8 nitrogen and oxygen atoms in total. The number of aliphatic carboxylic acids is 1. The number of amides is 3. The summed E-state index contributed by atoms with van der Waals surface area (Å²) in [5.74, 6) is -2.68. The van der Waals surface area contributed by atoms with Gasteiger partial charge in [-0.3, -0.25) is 19.3 Å². The number of rotatable bonds is 5. The normalized spacial score (nSPS) is 19.6. The molecule has 0 aromatic heterocycles. The summed E-state index contributed by atoms with van der Waals surface area (Å²) < 4.78 is 5.48. The lowest BCUT2D eigenvalue weighted by atomic mass is 10.0. The third kappa shape index (κ3) is 3.20. The van der Waals surface area contributed by atoms with Gasteiger partial charge in [-0.1, -0.05) is 0 Å².